The van der Waals surface area contributed by atoms with Crippen LogP contribution in [0.4, 0.5) is 5.69 Å². The Bertz CT molecular complexity index is 570. The quantitative estimate of drug-likeness (QED) is 0.671. The van der Waals surface area contributed by atoms with Crippen molar-refractivity contribution in [3.8, 4) is 5.75 Å². The summed E-state index contributed by atoms with van der Waals surface area (Å²) in [4.78, 5) is 15.3. The number of carbonyl (C=O) groups is 1. The third-order valence-corrected chi connectivity index (χ3v) is 2.57. The maximum Gasteiger partial charge on any atom is 0.337 e. The van der Waals surface area contributed by atoms with Crippen LogP contribution in [0.3, 0.4) is 0 Å². The van der Waals surface area contributed by atoms with Crippen LogP contribution in [0.2, 0.25) is 0 Å². The van der Waals surface area contributed by atoms with E-state index in [1.807, 2.05) is 12.1 Å². The molecule has 19 heavy (non-hydrogen) atoms. The highest BCUT2D eigenvalue weighted by Crippen LogP contribution is 2.23. The Morgan fingerprint density at radius 1 is 1.26 bits per heavy atom. The Kier molecular flexibility index (Phi) is 3.97. The fraction of sp³-hybridized carbons (Fsp3) is 0.143. The van der Waals surface area contributed by atoms with Gasteiger partial charge in [-0.15, -0.1) is 0 Å². The molecule has 0 aliphatic heterocycles. The molecule has 1 aromatic heterocycles. The molecular weight excluding hydrogens is 244 g/mol. The Morgan fingerprint density at radius 2 is 2.00 bits per heavy atom. The van der Waals surface area contributed by atoms with Gasteiger partial charge in [-0.25, -0.2) is 4.79 Å². The number of benzene rings is 1. The van der Waals surface area contributed by atoms with Crippen LogP contribution in [0, 0.1) is 0 Å². The average Bonchev–Trinajstić information content (AvgIpc) is 2.46. The first kappa shape index (κ1) is 12.9. The number of anilines is 1. The summed E-state index contributed by atoms with van der Waals surface area (Å²) in [5, 5.41) is 0. The average molecular weight is 258 g/mol. The van der Waals surface area contributed by atoms with E-state index in [1.54, 1.807) is 24.5 Å². The van der Waals surface area contributed by atoms with Gasteiger partial charge in [-0.05, 0) is 35.9 Å². The van der Waals surface area contributed by atoms with Gasteiger partial charge in [0.05, 0.1) is 18.4 Å². The van der Waals surface area contributed by atoms with Crippen molar-refractivity contribution < 1.29 is 14.3 Å². The molecule has 5 nitrogen and oxygen atoms in total. The van der Waals surface area contributed by atoms with Crippen LogP contribution in [-0.4, -0.2) is 18.1 Å². The first-order valence-electron chi connectivity index (χ1n) is 5.70. The number of ether oxygens (including phenoxy) is 2. The summed E-state index contributed by atoms with van der Waals surface area (Å²) in [6, 6.07) is 8.53. The monoisotopic (exact) mass is 258 g/mol. The zero-order valence-corrected chi connectivity index (χ0v) is 10.5. The highest BCUT2D eigenvalue weighted by atomic mass is 16.5. The van der Waals surface area contributed by atoms with E-state index in [-0.39, 0.29) is 0 Å². The Hall–Kier alpha value is -2.56. The fourth-order valence-electron chi connectivity index (χ4n) is 1.56. The predicted molar refractivity (Wildman–Crippen MR) is 70.8 cm³/mol. The molecule has 1 heterocycles. The van der Waals surface area contributed by atoms with E-state index in [9.17, 15) is 4.79 Å². The standard InChI is InChI=1S/C14H14N2O3/c1-18-14(17)11-2-3-13(12(15)8-11)19-9-10-4-6-16-7-5-10/h2-8H,9,15H2,1H3. The van der Waals surface area contributed by atoms with Gasteiger partial charge in [0.15, 0.2) is 0 Å². The van der Waals surface area contributed by atoms with E-state index >= 15 is 0 Å². The minimum absolute atomic E-state index is 0.393. The van der Waals surface area contributed by atoms with Crippen LogP contribution in [-0.2, 0) is 11.3 Å². The molecule has 98 valence electrons. The molecule has 0 atom stereocenters. The molecule has 0 unspecified atom stereocenters. The molecule has 0 aliphatic carbocycles. The number of nitrogens with two attached hydrogens (primary N) is 1. The molecule has 1 aromatic carbocycles. The number of methoxy groups -OCH3 is 1. The summed E-state index contributed by atoms with van der Waals surface area (Å²) in [6.45, 7) is 0.393. The zero-order valence-electron chi connectivity index (χ0n) is 10.5. The molecule has 2 aromatic rings. The first-order chi connectivity index (χ1) is 9.20. The maximum atomic E-state index is 11.3. The van der Waals surface area contributed by atoms with Crippen molar-refractivity contribution >= 4 is 11.7 Å². The number of rotatable bonds is 4. The van der Waals surface area contributed by atoms with Crippen LogP contribution in [0.1, 0.15) is 15.9 Å². The van der Waals surface area contributed by atoms with E-state index in [2.05, 4.69) is 9.72 Å². The van der Waals surface area contributed by atoms with Crippen LogP contribution in [0.15, 0.2) is 42.7 Å². The van der Waals surface area contributed by atoms with Crippen molar-refractivity contribution in [2.45, 2.75) is 6.61 Å². The predicted octanol–water partition coefficient (Wildman–Crippen LogP) is 2.03. The molecule has 0 saturated carbocycles. The van der Waals surface area contributed by atoms with E-state index in [4.69, 9.17) is 10.5 Å². The second-order valence-corrected chi connectivity index (χ2v) is 3.89. The molecule has 2 rings (SSSR count). The normalized spacial score (nSPS) is 9.95. The lowest BCUT2D eigenvalue weighted by Gasteiger charge is -2.09. The number of aromatic nitrogens is 1. The maximum absolute atomic E-state index is 11.3. The van der Waals surface area contributed by atoms with Gasteiger partial charge in [0.2, 0.25) is 0 Å². The summed E-state index contributed by atoms with van der Waals surface area (Å²) in [7, 11) is 1.33. The summed E-state index contributed by atoms with van der Waals surface area (Å²) in [5.41, 5.74) is 7.62. The number of carbonyl (C=O) groups excluding carboxylic acids is 1. The van der Waals surface area contributed by atoms with Gasteiger partial charge in [0.25, 0.3) is 0 Å². The molecule has 0 bridgehead atoms. The van der Waals surface area contributed by atoms with Gasteiger partial charge >= 0.3 is 5.97 Å². The topological polar surface area (TPSA) is 74.4 Å². The van der Waals surface area contributed by atoms with Crippen LogP contribution >= 0.6 is 0 Å². The van der Waals surface area contributed by atoms with Crippen LogP contribution < -0.4 is 10.5 Å². The Labute approximate surface area is 111 Å². The van der Waals surface area contributed by atoms with Crippen molar-refractivity contribution in [1.29, 1.82) is 0 Å². The van der Waals surface area contributed by atoms with Crippen molar-refractivity contribution in [2.24, 2.45) is 0 Å². The molecule has 0 radical (unpaired) electrons. The lowest BCUT2D eigenvalue weighted by Crippen LogP contribution is -2.04. The Morgan fingerprint density at radius 3 is 2.63 bits per heavy atom. The van der Waals surface area contributed by atoms with Crippen molar-refractivity contribution in [3.05, 3.63) is 53.9 Å². The lowest BCUT2D eigenvalue weighted by molar-refractivity contribution is 0.0600. The van der Waals surface area contributed by atoms with Crippen LogP contribution in [0.5, 0.6) is 5.75 Å². The number of hydrogen-bond donors (Lipinski definition) is 1. The molecule has 0 spiro atoms. The van der Waals surface area contributed by atoms with E-state index in [0.717, 1.165) is 5.56 Å². The van der Waals surface area contributed by atoms with E-state index < -0.39 is 5.97 Å². The SMILES string of the molecule is COC(=O)c1ccc(OCc2ccncc2)c(N)c1. The minimum Gasteiger partial charge on any atom is -0.487 e. The van der Waals surface area contributed by atoms with E-state index in [0.29, 0.717) is 23.6 Å². The van der Waals surface area contributed by atoms with Gasteiger partial charge in [0, 0.05) is 12.4 Å². The Balaban J connectivity index is 2.07. The number of hydrogen-bond acceptors (Lipinski definition) is 5. The molecule has 5 heteroatoms. The van der Waals surface area contributed by atoms with Gasteiger partial charge in [0.1, 0.15) is 12.4 Å². The van der Waals surface area contributed by atoms with Gasteiger partial charge in [-0.3, -0.25) is 4.98 Å². The third kappa shape index (κ3) is 3.22. The van der Waals surface area contributed by atoms with Crippen LogP contribution in [0.25, 0.3) is 0 Å². The summed E-state index contributed by atoms with van der Waals surface area (Å²) < 4.78 is 10.2. The first-order valence-corrected chi connectivity index (χ1v) is 5.70. The third-order valence-electron chi connectivity index (χ3n) is 2.57. The van der Waals surface area contributed by atoms with Crippen molar-refractivity contribution in [3.63, 3.8) is 0 Å². The van der Waals surface area contributed by atoms with E-state index in [1.165, 1.54) is 13.2 Å². The number of nitrogen functional groups attached to an aromatic ring is 1. The highest BCUT2D eigenvalue weighted by Gasteiger charge is 2.08. The molecule has 0 fully saturated rings. The van der Waals surface area contributed by atoms with Gasteiger partial charge < -0.3 is 15.2 Å². The van der Waals surface area contributed by atoms with Gasteiger partial charge in [-0.2, -0.15) is 0 Å². The summed E-state index contributed by atoms with van der Waals surface area (Å²) >= 11 is 0. The lowest BCUT2D eigenvalue weighted by atomic mass is 10.2. The smallest absolute Gasteiger partial charge is 0.337 e. The zero-order chi connectivity index (χ0) is 13.7. The summed E-state index contributed by atoms with van der Waals surface area (Å²) in [5.74, 6) is 0.108. The fourth-order valence-corrected chi connectivity index (χ4v) is 1.56. The van der Waals surface area contributed by atoms with Crippen molar-refractivity contribution in [2.75, 3.05) is 12.8 Å². The second-order valence-electron chi connectivity index (χ2n) is 3.89. The second kappa shape index (κ2) is 5.86. The molecule has 0 aliphatic rings. The number of pyridine rings is 1. The summed E-state index contributed by atoms with van der Waals surface area (Å²) in [6.07, 6.45) is 3.39. The van der Waals surface area contributed by atoms with Crippen molar-refractivity contribution in [1.82, 2.24) is 4.98 Å². The largest absolute Gasteiger partial charge is 0.487 e. The highest BCUT2D eigenvalue weighted by molar-refractivity contribution is 5.90. The molecular formula is C14H14N2O3. The number of esters is 1. The minimum atomic E-state index is -0.424. The molecule has 2 N–H and O–H groups in total. The molecule has 0 amide bonds. The molecule has 0 saturated heterocycles. The number of nitrogens with zero attached hydrogens (tertiary/aromatic N) is 1. The van der Waals surface area contributed by atoms with Gasteiger partial charge in [-0.1, -0.05) is 0 Å².